The molecule has 7 rings (SSSR count). The third-order valence-corrected chi connectivity index (χ3v) is 8.04. The molecule has 42 heavy (non-hydrogen) atoms. The largest absolute Gasteiger partial charge is 0.489 e. The molecule has 8 nitrogen and oxygen atoms in total. The SMILES string of the molecule is C=CCOc1ccc(-c2nn(-c3ccccc3)cc2/C=c2\sc3nc(-c4oc5ccccc5c4C)nn3c2=O)cc1C. The van der Waals surface area contributed by atoms with Crippen LogP contribution >= 0.6 is 11.3 Å². The number of rotatable bonds is 7. The minimum atomic E-state index is -0.245. The predicted octanol–water partition coefficient (Wildman–Crippen LogP) is 6.15. The standard InChI is InChI=1S/C33H25N5O3S/c1-4-16-40-26-15-14-22(17-20(26)2)29-23(19-37(35-29)24-10-6-5-7-11-24)18-28-32(39)38-33(42-28)34-31(36-38)30-21(3)25-12-8-9-13-27(25)41-30/h4-15,17-19H,1,16H2,2-3H3/b28-18-. The number of furan rings is 1. The van der Waals surface area contributed by atoms with Crippen molar-refractivity contribution in [1.29, 1.82) is 0 Å². The summed E-state index contributed by atoms with van der Waals surface area (Å²) < 4.78 is 15.5. The molecule has 0 atom stereocenters. The molecule has 0 aliphatic rings. The number of ether oxygens (including phenoxy) is 1. The first-order valence-electron chi connectivity index (χ1n) is 13.4. The lowest BCUT2D eigenvalue weighted by Crippen LogP contribution is -2.23. The van der Waals surface area contributed by atoms with Crippen LogP contribution in [-0.4, -0.2) is 31.0 Å². The Morgan fingerprint density at radius 2 is 1.83 bits per heavy atom. The lowest BCUT2D eigenvalue weighted by Gasteiger charge is -2.08. The number of hydrogen-bond donors (Lipinski definition) is 0. The summed E-state index contributed by atoms with van der Waals surface area (Å²) in [5.41, 5.74) is 5.81. The zero-order chi connectivity index (χ0) is 28.8. The fraction of sp³-hybridized carbons (Fsp3) is 0.0909. The van der Waals surface area contributed by atoms with Crippen molar-refractivity contribution in [3.8, 4) is 34.3 Å². The predicted molar refractivity (Wildman–Crippen MR) is 165 cm³/mol. The van der Waals surface area contributed by atoms with E-state index in [9.17, 15) is 4.79 Å². The van der Waals surface area contributed by atoms with Gasteiger partial charge in [-0.15, -0.1) is 5.10 Å². The summed E-state index contributed by atoms with van der Waals surface area (Å²) >= 11 is 1.28. The van der Waals surface area contributed by atoms with Crippen LogP contribution < -0.4 is 14.8 Å². The Hall–Kier alpha value is -5.28. The quantitative estimate of drug-likeness (QED) is 0.214. The molecule has 0 fully saturated rings. The number of para-hydroxylation sites is 2. The summed E-state index contributed by atoms with van der Waals surface area (Å²) in [5.74, 6) is 1.75. The molecule has 0 aliphatic heterocycles. The van der Waals surface area contributed by atoms with Gasteiger partial charge in [-0.3, -0.25) is 4.79 Å². The highest BCUT2D eigenvalue weighted by Crippen LogP contribution is 2.32. The number of thiazole rings is 1. The molecule has 0 amide bonds. The molecule has 9 heteroatoms. The van der Waals surface area contributed by atoms with Crippen LogP contribution in [0.2, 0.25) is 0 Å². The number of nitrogens with zero attached hydrogens (tertiary/aromatic N) is 5. The Bertz CT molecular complexity index is 2220. The summed E-state index contributed by atoms with van der Waals surface area (Å²) in [6.07, 6.45) is 5.51. The monoisotopic (exact) mass is 571 g/mol. The molecule has 0 unspecified atom stereocenters. The molecule has 4 heterocycles. The molecule has 0 saturated carbocycles. The molecule has 3 aromatic carbocycles. The zero-order valence-corrected chi connectivity index (χ0v) is 23.8. The summed E-state index contributed by atoms with van der Waals surface area (Å²) in [4.78, 5) is 18.7. The minimum Gasteiger partial charge on any atom is -0.489 e. The van der Waals surface area contributed by atoms with Crippen molar-refractivity contribution in [2.45, 2.75) is 13.8 Å². The first-order valence-corrected chi connectivity index (χ1v) is 14.2. The molecule has 0 saturated heterocycles. The van der Waals surface area contributed by atoms with Crippen molar-refractivity contribution in [3.63, 3.8) is 0 Å². The Morgan fingerprint density at radius 1 is 1.02 bits per heavy atom. The van der Waals surface area contributed by atoms with E-state index in [1.54, 1.807) is 6.08 Å². The zero-order valence-electron chi connectivity index (χ0n) is 22.9. The van der Waals surface area contributed by atoms with Crippen LogP contribution in [0.3, 0.4) is 0 Å². The van der Waals surface area contributed by atoms with Crippen molar-refractivity contribution < 1.29 is 9.15 Å². The van der Waals surface area contributed by atoms with Gasteiger partial charge in [0.25, 0.3) is 5.56 Å². The average molecular weight is 572 g/mol. The second kappa shape index (κ2) is 10.3. The van der Waals surface area contributed by atoms with E-state index in [4.69, 9.17) is 14.3 Å². The molecule has 7 aromatic rings. The normalized spacial score (nSPS) is 12.0. The lowest BCUT2D eigenvalue weighted by molar-refractivity contribution is 0.361. The third kappa shape index (κ3) is 4.40. The molecule has 0 aliphatic carbocycles. The van der Waals surface area contributed by atoms with E-state index in [1.165, 1.54) is 15.9 Å². The van der Waals surface area contributed by atoms with Crippen molar-refractivity contribution >= 4 is 33.3 Å². The van der Waals surface area contributed by atoms with E-state index in [2.05, 4.69) is 16.7 Å². The molecule has 4 aromatic heterocycles. The van der Waals surface area contributed by atoms with Gasteiger partial charge in [0.05, 0.1) is 10.2 Å². The number of aryl methyl sites for hydroxylation is 2. The second-order valence-corrected chi connectivity index (χ2v) is 10.9. The number of fused-ring (bicyclic) bond motifs is 2. The van der Waals surface area contributed by atoms with E-state index < -0.39 is 0 Å². The van der Waals surface area contributed by atoms with Crippen LogP contribution in [0.5, 0.6) is 5.75 Å². The fourth-order valence-electron chi connectivity index (χ4n) is 5.00. The van der Waals surface area contributed by atoms with Crippen LogP contribution in [0.4, 0.5) is 0 Å². The van der Waals surface area contributed by atoms with E-state index in [0.29, 0.717) is 27.7 Å². The molecular formula is C33H25N5O3S. The molecule has 0 bridgehead atoms. The minimum absolute atomic E-state index is 0.245. The van der Waals surface area contributed by atoms with Crippen molar-refractivity contribution in [2.24, 2.45) is 0 Å². The first kappa shape index (κ1) is 25.7. The van der Waals surface area contributed by atoms with Crippen LogP contribution in [0.1, 0.15) is 16.7 Å². The smallest absolute Gasteiger partial charge is 0.291 e. The highest BCUT2D eigenvalue weighted by Gasteiger charge is 2.20. The molecule has 0 radical (unpaired) electrons. The van der Waals surface area contributed by atoms with Crippen LogP contribution in [0.25, 0.3) is 50.5 Å². The van der Waals surface area contributed by atoms with E-state index in [1.807, 2.05) is 104 Å². The van der Waals surface area contributed by atoms with Gasteiger partial charge in [0, 0.05) is 28.3 Å². The molecular weight excluding hydrogens is 546 g/mol. The maximum Gasteiger partial charge on any atom is 0.291 e. The van der Waals surface area contributed by atoms with Crippen molar-refractivity contribution in [2.75, 3.05) is 6.61 Å². The van der Waals surface area contributed by atoms with Gasteiger partial charge >= 0.3 is 0 Å². The maximum absolute atomic E-state index is 13.5. The Kier molecular flexibility index (Phi) is 6.28. The van der Waals surface area contributed by atoms with E-state index in [0.717, 1.165) is 50.4 Å². The van der Waals surface area contributed by atoms with Gasteiger partial charge in [0.2, 0.25) is 10.8 Å². The lowest BCUT2D eigenvalue weighted by atomic mass is 10.0. The van der Waals surface area contributed by atoms with Gasteiger partial charge in [-0.25, -0.2) is 4.68 Å². The van der Waals surface area contributed by atoms with E-state index >= 15 is 0 Å². The number of aromatic nitrogens is 5. The first-order chi connectivity index (χ1) is 20.5. The van der Waals surface area contributed by atoms with Gasteiger partial charge in [0.15, 0.2) is 5.76 Å². The van der Waals surface area contributed by atoms with Gasteiger partial charge in [-0.05, 0) is 61.9 Å². The summed E-state index contributed by atoms with van der Waals surface area (Å²) in [6.45, 7) is 8.12. The van der Waals surface area contributed by atoms with Crippen LogP contribution in [0.15, 0.2) is 101 Å². The van der Waals surface area contributed by atoms with Crippen molar-refractivity contribution in [3.05, 3.63) is 123 Å². The Labute approximate surface area is 244 Å². The highest BCUT2D eigenvalue weighted by molar-refractivity contribution is 7.15. The van der Waals surface area contributed by atoms with Gasteiger partial charge in [0.1, 0.15) is 23.6 Å². The van der Waals surface area contributed by atoms with Crippen molar-refractivity contribution in [1.82, 2.24) is 24.4 Å². The molecule has 206 valence electrons. The summed E-state index contributed by atoms with van der Waals surface area (Å²) in [5, 5.41) is 10.4. The highest BCUT2D eigenvalue weighted by atomic mass is 32.1. The topological polar surface area (TPSA) is 87.4 Å². The van der Waals surface area contributed by atoms with Crippen LogP contribution in [-0.2, 0) is 0 Å². The number of benzene rings is 3. The number of hydrogen-bond acceptors (Lipinski definition) is 7. The molecule has 0 N–H and O–H groups in total. The molecule has 0 spiro atoms. The average Bonchev–Trinajstić information content (AvgIpc) is 3.77. The Balaban J connectivity index is 1.33. The maximum atomic E-state index is 13.5. The fourth-order valence-corrected chi connectivity index (χ4v) is 5.90. The summed E-state index contributed by atoms with van der Waals surface area (Å²) in [7, 11) is 0. The van der Waals surface area contributed by atoms with Gasteiger partial charge < -0.3 is 9.15 Å². The van der Waals surface area contributed by atoms with Gasteiger partial charge in [-0.2, -0.15) is 14.6 Å². The third-order valence-electron chi connectivity index (χ3n) is 7.08. The summed E-state index contributed by atoms with van der Waals surface area (Å²) in [6, 6.07) is 23.6. The second-order valence-electron chi connectivity index (χ2n) is 9.89. The van der Waals surface area contributed by atoms with Crippen LogP contribution in [0, 0.1) is 13.8 Å². The van der Waals surface area contributed by atoms with Gasteiger partial charge in [-0.1, -0.05) is 60.4 Å². The van der Waals surface area contributed by atoms with E-state index in [-0.39, 0.29) is 5.56 Å². The Morgan fingerprint density at radius 3 is 2.60 bits per heavy atom.